The zero-order chi connectivity index (χ0) is 17.1. The molecule has 1 unspecified atom stereocenters. The fourth-order valence-corrected chi connectivity index (χ4v) is 2.46. The summed E-state index contributed by atoms with van der Waals surface area (Å²) in [6.45, 7) is 9.07. The molecule has 2 N–H and O–H groups in total. The molecule has 1 aliphatic heterocycles. The van der Waals surface area contributed by atoms with Crippen LogP contribution in [0.1, 0.15) is 32.5 Å². The van der Waals surface area contributed by atoms with Gasteiger partial charge in [0, 0.05) is 46.2 Å². The van der Waals surface area contributed by atoms with Gasteiger partial charge in [-0.15, -0.1) is 0 Å². The van der Waals surface area contributed by atoms with Gasteiger partial charge >= 0.3 is 0 Å². The summed E-state index contributed by atoms with van der Waals surface area (Å²) in [6, 6.07) is -0.237. The molecule has 0 spiro atoms. The molecule has 2 heterocycles. The van der Waals surface area contributed by atoms with Gasteiger partial charge in [0.25, 0.3) is 0 Å². The van der Waals surface area contributed by atoms with E-state index in [0.717, 1.165) is 32.0 Å². The van der Waals surface area contributed by atoms with Crippen LogP contribution in [0.2, 0.25) is 0 Å². The first-order valence-corrected chi connectivity index (χ1v) is 8.01. The Morgan fingerprint density at radius 1 is 1.09 bits per heavy atom. The maximum Gasteiger partial charge on any atom is 0.234 e. The number of rotatable bonds is 5. The van der Waals surface area contributed by atoms with Gasteiger partial charge in [-0.25, -0.2) is 0 Å². The van der Waals surface area contributed by atoms with Crippen molar-refractivity contribution in [1.29, 1.82) is 0 Å². The summed E-state index contributed by atoms with van der Waals surface area (Å²) in [7, 11) is 3.85. The second kappa shape index (κ2) is 7.08. The number of carbonyl (C=O) groups excluding carboxylic acids is 1. The lowest BCUT2D eigenvalue weighted by Crippen LogP contribution is -2.53. The smallest absolute Gasteiger partial charge is 0.234 e. The number of hydrogen-bond donors (Lipinski definition) is 1. The monoisotopic (exact) mass is 321 g/mol. The number of nitrogens with two attached hydrogens (primary N) is 1. The van der Waals surface area contributed by atoms with Crippen molar-refractivity contribution in [3.63, 3.8) is 0 Å². The average molecular weight is 321 g/mol. The summed E-state index contributed by atoms with van der Waals surface area (Å²) in [4.78, 5) is 31.1. The van der Waals surface area contributed by atoms with Gasteiger partial charge < -0.3 is 15.5 Å². The van der Waals surface area contributed by atoms with Crippen LogP contribution in [0, 0.1) is 0 Å². The maximum atomic E-state index is 11.3. The highest BCUT2D eigenvalue weighted by Crippen LogP contribution is 2.19. The lowest BCUT2D eigenvalue weighted by atomic mass is 10.2. The largest absolute Gasteiger partial charge is 0.368 e. The van der Waals surface area contributed by atoms with Crippen LogP contribution in [0.15, 0.2) is 0 Å². The summed E-state index contributed by atoms with van der Waals surface area (Å²) in [5.74, 6) is 2.14. The summed E-state index contributed by atoms with van der Waals surface area (Å²) in [5.41, 5.74) is 5.39. The predicted molar refractivity (Wildman–Crippen MR) is 90.7 cm³/mol. The van der Waals surface area contributed by atoms with E-state index >= 15 is 0 Å². The third kappa shape index (κ3) is 4.07. The van der Waals surface area contributed by atoms with E-state index in [1.165, 1.54) is 0 Å². The summed E-state index contributed by atoms with van der Waals surface area (Å²) < 4.78 is 0. The SMILES string of the molecule is CC(C)c1nc(N(C)C)nc(N2CCN(C(C)C(N)=O)CC2)n1. The Kier molecular flexibility index (Phi) is 5.35. The van der Waals surface area contributed by atoms with E-state index in [1.54, 1.807) is 0 Å². The Hall–Kier alpha value is -1.96. The van der Waals surface area contributed by atoms with Gasteiger partial charge in [0.1, 0.15) is 5.82 Å². The minimum atomic E-state index is -0.282. The van der Waals surface area contributed by atoms with Crippen molar-refractivity contribution in [2.45, 2.75) is 32.7 Å². The second-order valence-corrected chi connectivity index (χ2v) is 6.44. The second-order valence-electron chi connectivity index (χ2n) is 6.44. The number of nitrogens with zero attached hydrogens (tertiary/aromatic N) is 6. The van der Waals surface area contributed by atoms with Crippen LogP contribution in [0.3, 0.4) is 0 Å². The molecule has 1 aromatic rings. The number of hydrogen-bond acceptors (Lipinski definition) is 7. The normalized spacial score (nSPS) is 17.4. The zero-order valence-corrected chi connectivity index (χ0v) is 14.7. The van der Waals surface area contributed by atoms with Crippen LogP contribution in [-0.4, -0.2) is 72.1 Å². The number of anilines is 2. The average Bonchev–Trinajstić information content (AvgIpc) is 2.53. The van der Waals surface area contributed by atoms with E-state index in [-0.39, 0.29) is 17.9 Å². The third-order valence-electron chi connectivity index (χ3n) is 4.10. The lowest BCUT2D eigenvalue weighted by Gasteiger charge is -2.37. The van der Waals surface area contributed by atoms with Crippen molar-refractivity contribution < 1.29 is 4.79 Å². The molecule has 1 saturated heterocycles. The molecule has 0 aromatic carbocycles. The van der Waals surface area contributed by atoms with Crippen LogP contribution in [0.5, 0.6) is 0 Å². The molecule has 1 aliphatic rings. The molecule has 1 fully saturated rings. The van der Waals surface area contributed by atoms with Gasteiger partial charge in [-0.3, -0.25) is 9.69 Å². The first kappa shape index (κ1) is 17.4. The molecule has 23 heavy (non-hydrogen) atoms. The summed E-state index contributed by atoms with van der Waals surface area (Å²) in [5, 5.41) is 0. The van der Waals surface area contributed by atoms with Gasteiger partial charge in [0.2, 0.25) is 17.8 Å². The Balaban J connectivity index is 2.15. The summed E-state index contributed by atoms with van der Waals surface area (Å²) >= 11 is 0. The van der Waals surface area contributed by atoms with Crippen molar-refractivity contribution in [3.05, 3.63) is 5.82 Å². The van der Waals surface area contributed by atoms with Gasteiger partial charge in [-0.1, -0.05) is 13.8 Å². The van der Waals surface area contributed by atoms with Crippen LogP contribution in [-0.2, 0) is 4.79 Å². The van der Waals surface area contributed by atoms with Gasteiger partial charge in [-0.05, 0) is 6.92 Å². The fourth-order valence-electron chi connectivity index (χ4n) is 2.46. The number of carbonyl (C=O) groups is 1. The molecule has 1 aromatic heterocycles. The molecular weight excluding hydrogens is 294 g/mol. The molecule has 8 nitrogen and oxygen atoms in total. The third-order valence-corrected chi connectivity index (χ3v) is 4.10. The van der Waals surface area contributed by atoms with Crippen molar-refractivity contribution >= 4 is 17.8 Å². The minimum absolute atomic E-state index is 0.237. The van der Waals surface area contributed by atoms with Crippen molar-refractivity contribution in [3.8, 4) is 0 Å². The van der Waals surface area contributed by atoms with Crippen molar-refractivity contribution in [2.75, 3.05) is 50.1 Å². The highest BCUT2D eigenvalue weighted by Gasteiger charge is 2.26. The zero-order valence-electron chi connectivity index (χ0n) is 14.7. The molecule has 0 bridgehead atoms. The van der Waals surface area contributed by atoms with E-state index in [2.05, 4.69) is 38.6 Å². The molecule has 0 aliphatic carbocycles. The highest BCUT2D eigenvalue weighted by molar-refractivity contribution is 5.79. The van der Waals surface area contributed by atoms with E-state index in [1.807, 2.05) is 25.9 Å². The number of amides is 1. The molecule has 8 heteroatoms. The Labute approximate surface area is 137 Å². The van der Waals surface area contributed by atoms with E-state index in [4.69, 9.17) is 5.73 Å². The molecule has 1 atom stereocenters. The van der Waals surface area contributed by atoms with Crippen LogP contribution >= 0.6 is 0 Å². The predicted octanol–water partition coefficient (Wildman–Crippen LogP) is 0.0568. The topological polar surface area (TPSA) is 91.5 Å². The number of aromatic nitrogens is 3. The first-order chi connectivity index (χ1) is 10.8. The van der Waals surface area contributed by atoms with Gasteiger partial charge in [0.05, 0.1) is 6.04 Å². The number of piperazine rings is 1. The Morgan fingerprint density at radius 3 is 2.17 bits per heavy atom. The molecule has 0 radical (unpaired) electrons. The van der Waals surface area contributed by atoms with Crippen molar-refractivity contribution in [1.82, 2.24) is 19.9 Å². The maximum absolute atomic E-state index is 11.3. The van der Waals surface area contributed by atoms with Gasteiger partial charge in [0.15, 0.2) is 0 Å². The Morgan fingerprint density at radius 2 is 1.70 bits per heavy atom. The molecular formula is C15H27N7O. The van der Waals surface area contributed by atoms with E-state index in [9.17, 15) is 4.79 Å². The highest BCUT2D eigenvalue weighted by atomic mass is 16.1. The lowest BCUT2D eigenvalue weighted by molar-refractivity contribution is -0.122. The minimum Gasteiger partial charge on any atom is -0.368 e. The Bertz CT molecular complexity index is 527. The standard InChI is InChI=1S/C15H27N7O/c1-10(2)13-17-14(20(4)5)19-15(18-13)22-8-6-21(7-9-22)11(3)12(16)23/h10-11H,6-9H2,1-5H3,(H2,16,23). The van der Waals surface area contributed by atoms with E-state index in [0.29, 0.717) is 11.9 Å². The fraction of sp³-hybridized carbons (Fsp3) is 0.733. The first-order valence-electron chi connectivity index (χ1n) is 8.01. The summed E-state index contributed by atoms with van der Waals surface area (Å²) in [6.07, 6.45) is 0. The van der Waals surface area contributed by atoms with Gasteiger partial charge in [-0.2, -0.15) is 15.0 Å². The molecule has 2 rings (SSSR count). The molecule has 0 saturated carbocycles. The quantitative estimate of drug-likeness (QED) is 0.819. The number of primary amides is 1. The van der Waals surface area contributed by atoms with Crippen LogP contribution in [0.25, 0.3) is 0 Å². The van der Waals surface area contributed by atoms with Crippen molar-refractivity contribution in [2.24, 2.45) is 5.73 Å². The van der Waals surface area contributed by atoms with Crippen LogP contribution in [0.4, 0.5) is 11.9 Å². The molecule has 128 valence electrons. The molecule has 1 amide bonds. The van der Waals surface area contributed by atoms with E-state index < -0.39 is 0 Å². The van der Waals surface area contributed by atoms with Crippen LogP contribution < -0.4 is 15.5 Å².